The third kappa shape index (κ3) is 5.44. The molecule has 0 aliphatic carbocycles. The van der Waals surface area contributed by atoms with E-state index in [-0.39, 0.29) is 65.8 Å². The number of amides is 2. The molecule has 0 saturated heterocycles. The van der Waals surface area contributed by atoms with Crippen LogP contribution >= 0.6 is 0 Å². The van der Waals surface area contributed by atoms with Crippen LogP contribution in [0.15, 0.2) is 42.5 Å². The Morgan fingerprint density at radius 2 is 1.66 bits per heavy atom. The van der Waals surface area contributed by atoms with Gasteiger partial charge in [0.15, 0.2) is 17.2 Å². The number of halogens is 5. The number of benzene rings is 2. The van der Waals surface area contributed by atoms with Crippen LogP contribution in [0.25, 0.3) is 5.69 Å². The molecule has 5 rings (SSSR count). The van der Waals surface area contributed by atoms with Crippen LogP contribution in [0.3, 0.4) is 0 Å². The molecule has 2 aliphatic heterocycles. The van der Waals surface area contributed by atoms with Gasteiger partial charge in [-0.3, -0.25) is 9.59 Å². The number of nitrogens with zero attached hydrogens (tertiary/aromatic N) is 4. The summed E-state index contributed by atoms with van der Waals surface area (Å²) in [5.41, 5.74) is -0.778. The first-order valence-electron chi connectivity index (χ1n) is 12.8. The van der Waals surface area contributed by atoms with Crippen LogP contribution in [0.5, 0.6) is 11.5 Å². The molecular weight excluding hydrogens is 551 g/mol. The molecule has 218 valence electrons. The predicted octanol–water partition coefficient (Wildman–Crippen LogP) is 5.46. The standard InChI is InChI=1S/C28H27F5N4O4/c1-26(2,3)25(39)36-12-10-19-20(11-13-36)37(34-23(19)27(29,30)31)18-7-5-6-16(14-18)24(38)35(4)17-8-9-21-22(15-17)41-28(32,33)40-21/h5-9,14-15H,10-13H2,1-4H3. The van der Waals surface area contributed by atoms with Crippen molar-refractivity contribution in [1.82, 2.24) is 14.7 Å². The van der Waals surface area contributed by atoms with Gasteiger partial charge in [-0.2, -0.15) is 18.3 Å². The number of hydrogen-bond acceptors (Lipinski definition) is 5. The molecule has 0 spiro atoms. The van der Waals surface area contributed by atoms with Gasteiger partial charge >= 0.3 is 12.5 Å². The maximum atomic E-state index is 14.0. The number of ether oxygens (including phenoxy) is 2. The van der Waals surface area contributed by atoms with E-state index in [1.54, 1.807) is 25.7 Å². The van der Waals surface area contributed by atoms with Crippen LogP contribution in [-0.2, 0) is 23.8 Å². The molecular formula is C28H27F5N4O4. The van der Waals surface area contributed by atoms with Gasteiger partial charge in [0.1, 0.15) is 0 Å². The van der Waals surface area contributed by atoms with Crippen molar-refractivity contribution in [2.24, 2.45) is 5.41 Å². The average Bonchev–Trinajstić information content (AvgIpc) is 3.34. The van der Waals surface area contributed by atoms with Crippen molar-refractivity contribution in [3.8, 4) is 17.2 Å². The Hall–Kier alpha value is -4.16. The minimum atomic E-state index is -4.72. The minimum Gasteiger partial charge on any atom is -0.395 e. The second-order valence-electron chi connectivity index (χ2n) is 10.9. The molecule has 2 aliphatic rings. The summed E-state index contributed by atoms with van der Waals surface area (Å²) in [5.74, 6) is -1.12. The highest BCUT2D eigenvalue weighted by Crippen LogP contribution is 2.43. The third-order valence-corrected chi connectivity index (χ3v) is 6.95. The number of hydrogen-bond donors (Lipinski definition) is 0. The number of anilines is 1. The summed E-state index contributed by atoms with van der Waals surface area (Å²) in [6.07, 6.45) is -8.41. The second-order valence-corrected chi connectivity index (χ2v) is 10.9. The normalized spacial score (nSPS) is 16.3. The number of carbonyl (C=O) groups excluding carboxylic acids is 2. The maximum absolute atomic E-state index is 14.0. The van der Waals surface area contributed by atoms with Crippen molar-refractivity contribution in [2.75, 3.05) is 25.0 Å². The molecule has 8 nitrogen and oxygen atoms in total. The van der Waals surface area contributed by atoms with Crippen LogP contribution in [0.4, 0.5) is 27.6 Å². The molecule has 41 heavy (non-hydrogen) atoms. The number of aromatic nitrogens is 2. The Morgan fingerprint density at radius 3 is 2.34 bits per heavy atom. The van der Waals surface area contributed by atoms with Gasteiger partial charge in [0.2, 0.25) is 5.91 Å². The highest BCUT2D eigenvalue weighted by Gasteiger charge is 2.44. The minimum absolute atomic E-state index is 0.0173. The third-order valence-electron chi connectivity index (χ3n) is 6.95. The fourth-order valence-corrected chi connectivity index (χ4v) is 4.95. The molecule has 13 heteroatoms. The SMILES string of the molecule is CN(C(=O)c1cccc(-n2nc(C(F)(F)F)c3c2CCN(C(=O)C(C)(C)C)CC3)c1)c1ccc2c(c1)OC(F)(F)O2. The Morgan fingerprint density at radius 1 is 0.976 bits per heavy atom. The second kappa shape index (κ2) is 9.74. The maximum Gasteiger partial charge on any atom is 0.586 e. The molecule has 3 heterocycles. The first kappa shape index (κ1) is 28.4. The molecule has 0 bridgehead atoms. The lowest BCUT2D eigenvalue weighted by Gasteiger charge is -2.28. The molecule has 0 fully saturated rings. The quantitative estimate of drug-likeness (QED) is 0.386. The fraction of sp³-hybridized carbons (Fsp3) is 0.393. The summed E-state index contributed by atoms with van der Waals surface area (Å²) in [5, 5.41) is 3.91. The van der Waals surface area contributed by atoms with Gasteiger partial charge in [-0.05, 0) is 36.8 Å². The van der Waals surface area contributed by atoms with Gasteiger partial charge in [0, 0.05) is 60.5 Å². The molecule has 0 unspecified atom stereocenters. The highest BCUT2D eigenvalue weighted by atomic mass is 19.4. The van der Waals surface area contributed by atoms with Crippen LogP contribution in [0, 0.1) is 5.41 Å². The van der Waals surface area contributed by atoms with E-state index in [0.717, 1.165) is 0 Å². The van der Waals surface area contributed by atoms with Gasteiger partial charge in [-0.15, -0.1) is 8.78 Å². The van der Waals surface area contributed by atoms with Gasteiger partial charge in [0.05, 0.1) is 5.69 Å². The summed E-state index contributed by atoms with van der Waals surface area (Å²) < 4.78 is 79.0. The fourth-order valence-electron chi connectivity index (χ4n) is 4.95. The van der Waals surface area contributed by atoms with E-state index >= 15 is 0 Å². The summed E-state index contributed by atoms with van der Waals surface area (Å²) >= 11 is 0. The van der Waals surface area contributed by atoms with Gasteiger partial charge in [-0.1, -0.05) is 26.8 Å². The lowest BCUT2D eigenvalue weighted by molar-refractivity contribution is -0.286. The molecule has 2 aromatic carbocycles. The average molecular weight is 579 g/mol. The first-order chi connectivity index (χ1) is 19.0. The topological polar surface area (TPSA) is 76.9 Å². The highest BCUT2D eigenvalue weighted by molar-refractivity contribution is 6.06. The van der Waals surface area contributed by atoms with E-state index in [4.69, 9.17) is 0 Å². The summed E-state index contributed by atoms with van der Waals surface area (Å²) in [6, 6.07) is 9.83. The van der Waals surface area contributed by atoms with Crippen molar-refractivity contribution >= 4 is 17.5 Å². The largest absolute Gasteiger partial charge is 0.586 e. The molecule has 1 aromatic heterocycles. The van der Waals surface area contributed by atoms with E-state index in [1.165, 1.54) is 59.1 Å². The van der Waals surface area contributed by atoms with Crippen LogP contribution < -0.4 is 14.4 Å². The van der Waals surface area contributed by atoms with Crippen molar-refractivity contribution < 1.29 is 41.0 Å². The Kier molecular flexibility index (Phi) is 6.74. The lowest BCUT2D eigenvalue weighted by atomic mass is 9.94. The zero-order valence-electron chi connectivity index (χ0n) is 22.7. The number of rotatable bonds is 3. The molecule has 0 atom stereocenters. The monoisotopic (exact) mass is 578 g/mol. The molecule has 3 aromatic rings. The predicted molar refractivity (Wildman–Crippen MR) is 137 cm³/mol. The van der Waals surface area contributed by atoms with Crippen LogP contribution in [0.2, 0.25) is 0 Å². The van der Waals surface area contributed by atoms with Crippen molar-refractivity contribution in [2.45, 2.75) is 46.1 Å². The van der Waals surface area contributed by atoms with E-state index in [9.17, 15) is 31.5 Å². The van der Waals surface area contributed by atoms with Gasteiger partial charge < -0.3 is 19.3 Å². The van der Waals surface area contributed by atoms with Crippen molar-refractivity contribution in [3.63, 3.8) is 0 Å². The molecule has 0 N–H and O–H groups in total. The molecule has 2 amide bonds. The molecule has 0 radical (unpaired) electrons. The summed E-state index contributed by atoms with van der Waals surface area (Å²) in [7, 11) is 1.42. The van der Waals surface area contributed by atoms with E-state index in [1.807, 2.05) is 0 Å². The van der Waals surface area contributed by atoms with Gasteiger partial charge in [0.25, 0.3) is 5.91 Å². The Labute approximate surface area is 232 Å². The zero-order chi connectivity index (χ0) is 29.9. The number of fused-ring (bicyclic) bond motifs is 2. The summed E-state index contributed by atoms with van der Waals surface area (Å²) in [6.45, 7) is 5.62. The summed E-state index contributed by atoms with van der Waals surface area (Å²) in [4.78, 5) is 29.0. The Bertz CT molecular complexity index is 1530. The van der Waals surface area contributed by atoms with Crippen molar-refractivity contribution in [3.05, 3.63) is 65.0 Å². The first-order valence-corrected chi connectivity index (χ1v) is 12.8. The number of alkyl halides is 5. The van der Waals surface area contributed by atoms with Crippen LogP contribution in [-0.4, -0.2) is 52.9 Å². The van der Waals surface area contributed by atoms with Crippen LogP contribution in [0.1, 0.15) is 48.1 Å². The van der Waals surface area contributed by atoms with Crippen molar-refractivity contribution in [1.29, 1.82) is 0 Å². The van der Waals surface area contributed by atoms with Gasteiger partial charge in [-0.25, -0.2) is 4.68 Å². The smallest absolute Gasteiger partial charge is 0.395 e. The van der Waals surface area contributed by atoms with E-state index in [0.29, 0.717) is 5.69 Å². The van der Waals surface area contributed by atoms with E-state index in [2.05, 4.69) is 14.6 Å². The van der Waals surface area contributed by atoms with E-state index < -0.39 is 29.5 Å². The lowest BCUT2D eigenvalue weighted by Crippen LogP contribution is -2.41. The Balaban J connectivity index is 1.46. The number of carbonyl (C=O) groups is 2. The zero-order valence-corrected chi connectivity index (χ0v) is 22.7. The molecule has 0 saturated carbocycles.